The molecule has 0 bridgehead atoms. The summed E-state index contributed by atoms with van der Waals surface area (Å²) in [6.45, 7) is 2.42. The predicted octanol–water partition coefficient (Wildman–Crippen LogP) is 3.46. The van der Waals surface area contributed by atoms with E-state index in [9.17, 15) is 9.59 Å². The van der Waals surface area contributed by atoms with Gasteiger partial charge < -0.3 is 15.5 Å². The number of anilines is 1. The normalized spacial score (nSPS) is 11.8. The summed E-state index contributed by atoms with van der Waals surface area (Å²) in [5.41, 5.74) is 2.37. The highest BCUT2D eigenvalue weighted by Gasteiger charge is 2.15. The van der Waals surface area contributed by atoms with E-state index in [1.54, 1.807) is 29.2 Å². The van der Waals surface area contributed by atoms with Crippen molar-refractivity contribution in [2.24, 2.45) is 0 Å². The molecule has 26 heavy (non-hydrogen) atoms. The summed E-state index contributed by atoms with van der Waals surface area (Å²) in [6.07, 6.45) is 1.87. The lowest BCUT2D eigenvalue weighted by Gasteiger charge is -2.19. The lowest BCUT2D eigenvalue weighted by molar-refractivity contribution is -0.116. The van der Waals surface area contributed by atoms with E-state index >= 15 is 0 Å². The number of carbonyl (C=O) groups is 2. The zero-order chi connectivity index (χ0) is 18.9. The van der Waals surface area contributed by atoms with Gasteiger partial charge in [0.15, 0.2) is 0 Å². The topological polar surface area (TPSA) is 61.4 Å². The van der Waals surface area contributed by atoms with Crippen LogP contribution in [0.2, 0.25) is 0 Å². The zero-order valence-corrected chi connectivity index (χ0v) is 15.7. The smallest absolute Gasteiger partial charge is 0.251 e. The van der Waals surface area contributed by atoms with Crippen molar-refractivity contribution in [1.29, 1.82) is 0 Å². The molecule has 0 unspecified atom stereocenters. The number of benzene rings is 2. The molecule has 0 spiro atoms. The average molecular weight is 353 g/mol. The van der Waals surface area contributed by atoms with Gasteiger partial charge in [-0.15, -0.1) is 0 Å². The lowest BCUT2D eigenvalue weighted by atomic mass is 10.0. The van der Waals surface area contributed by atoms with Gasteiger partial charge in [-0.05, 0) is 50.3 Å². The fraction of sp³-hybridized carbons (Fsp3) is 0.333. The van der Waals surface area contributed by atoms with E-state index in [1.807, 2.05) is 44.4 Å². The molecule has 0 saturated heterocycles. The Bertz CT molecular complexity index is 712. The first-order chi connectivity index (χ1) is 12.5. The minimum atomic E-state index is -0.113. The molecule has 0 aliphatic rings. The van der Waals surface area contributed by atoms with Crippen molar-refractivity contribution in [3.63, 3.8) is 0 Å². The van der Waals surface area contributed by atoms with Crippen LogP contribution in [0.4, 0.5) is 5.69 Å². The number of likely N-dealkylation sites (N-methyl/N-ethyl adjacent to an activating group) is 1. The van der Waals surface area contributed by atoms with Crippen molar-refractivity contribution in [3.05, 3.63) is 65.7 Å². The maximum absolute atomic E-state index is 12.6. The van der Waals surface area contributed by atoms with Gasteiger partial charge in [-0.25, -0.2) is 0 Å². The second kappa shape index (κ2) is 9.73. The van der Waals surface area contributed by atoms with Crippen molar-refractivity contribution in [1.82, 2.24) is 10.2 Å². The van der Waals surface area contributed by atoms with Gasteiger partial charge in [-0.1, -0.05) is 43.7 Å². The van der Waals surface area contributed by atoms with Crippen LogP contribution in [0.25, 0.3) is 0 Å². The third-order valence-electron chi connectivity index (χ3n) is 3.98. The van der Waals surface area contributed by atoms with Crippen molar-refractivity contribution in [3.8, 4) is 0 Å². The van der Waals surface area contributed by atoms with Gasteiger partial charge in [0.1, 0.15) is 0 Å². The van der Waals surface area contributed by atoms with E-state index in [4.69, 9.17) is 0 Å². The summed E-state index contributed by atoms with van der Waals surface area (Å²) in [7, 11) is 3.68. The van der Waals surface area contributed by atoms with E-state index in [-0.39, 0.29) is 17.9 Å². The monoisotopic (exact) mass is 353 g/mol. The van der Waals surface area contributed by atoms with Crippen LogP contribution in [0.1, 0.15) is 41.7 Å². The van der Waals surface area contributed by atoms with E-state index < -0.39 is 0 Å². The Morgan fingerprint density at radius 1 is 1.00 bits per heavy atom. The lowest BCUT2D eigenvalue weighted by Crippen LogP contribution is -2.28. The fourth-order valence-corrected chi connectivity index (χ4v) is 2.73. The molecule has 2 N–H and O–H groups in total. The van der Waals surface area contributed by atoms with Gasteiger partial charge in [0, 0.05) is 11.3 Å². The Hall–Kier alpha value is -2.66. The first-order valence-electron chi connectivity index (χ1n) is 8.90. The molecule has 2 amide bonds. The third kappa shape index (κ3) is 6.01. The van der Waals surface area contributed by atoms with Crippen LogP contribution in [0.5, 0.6) is 0 Å². The van der Waals surface area contributed by atoms with Gasteiger partial charge >= 0.3 is 0 Å². The molecule has 2 rings (SSSR count). The first kappa shape index (κ1) is 19.7. The molecule has 0 saturated carbocycles. The number of hydrogen-bond donors (Lipinski definition) is 2. The highest BCUT2D eigenvalue weighted by Crippen LogP contribution is 2.19. The van der Waals surface area contributed by atoms with Crippen LogP contribution in [-0.2, 0) is 4.79 Å². The summed E-state index contributed by atoms with van der Waals surface area (Å²) in [5.74, 6) is -0.197. The van der Waals surface area contributed by atoms with Gasteiger partial charge in [0.2, 0.25) is 5.91 Å². The van der Waals surface area contributed by atoms with Gasteiger partial charge in [-0.3, -0.25) is 9.59 Å². The molecule has 2 aromatic rings. The van der Waals surface area contributed by atoms with Crippen LogP contribution in [-0.4, -0.2) is 37.4 Å². The number of rotatable bonds is 8. The fourth-order valence-electron chi connectivity index (χ4n) is 2.73. The van der Waals surface area contributed by atoms with E-state index in [2.05, 4.69) is 17.6 Å². The molecule has 0 aliphatic heterocycles. The molecule has 5 heteroatoms. The maximum atomic E-state index is 12.6. The Labute approximate surface area is 155 Å². The van der Waals surface area contributed by atoms with E-state index in [1.165, 1.54) is 0 Å². The first-order valence-corrected chi connectivity index (χ1v) is 8.90. The molecule has 0 aromatic heterocycles. The maximum Gasteiger partial charge on any atom is 0.251 e. The SMILES string of the molecule is CCC[C@H](NC(=O)c1ccc(NC(=O)CN(C)C)cc1)c1ccccc1. The predicted molar refractivity (Wildman–Crippen MR) is 105 cm³/mol. The second-order valence-corrected chi connectivity index (χ2v) is 6.59. The summed E-state index contributed by atoms with van der Waals surface area (Å²) < 4.78 is 0. The molecule has 0 radical (unpaired) electrons. The molecular formula is C21H27N3O2. The molecule has 0 fully saturated rings. The molecule has 5 nitrogen and oxygen atoms in total. The number of hydrogen-bond acceptors (Lipinski definition) is 3. The average Bonchev–Trinajstić information content (AvgIpc) is 2.62. The van der Waals surface area contributed by atoms with Crippen molar-refractivity contribution in [2.75, 3.05) is 26.0 Å². The number of nitrogens with one attached hydrogen (secondary N) is 2. The van der Waals surface area contributed by atoms with E-state index in [0.717, 1.165) is 18.4 Å². The standard InChI is InChI=1S/C21H27N3O2/c1-4-8-19(16-9-6-5-7-10-16)23-21(26)17-11-13-18(14-12-17)22-20(25)15-24(2)3/h5-7,9-14,19H,4,8,15H2,1-3H3,(H,22,25)(H,23,26)/t19-/m0/s1. The highest BCUT2D eigenvalue weighted by molar-refractivity contribution is 5.96. The Morgan fingerprint density at radius 3 is 2.23 bits per heavy atom. The van der Waals surface area contributed by atoms with Crippen molar-refractivity contribution in [2.45, 2.75) is 25.8 Å². The number of amides is 2. The minimum Gasteiger partial charge on any atom is -0.345 e. The van der Waals surface area contributed by atoms with Crippen LogP contribution < -0.4 is 10.6 Å². The van der Waals surface area contributed by atoms with Crippen molar-refractivity contribution >= 4 is 17.5 Å². The number of carbonyl (C=O) groups excluding carboxylic acids is 2. The molecule has 1 atom stereocenters. The van der Waals surface area contributed by atoms with Crippen LogP contribution in [0.15, 0.2) is 54.6 Å². The molecule has 0 aliphatic carbocycles. The van der Waals surface area contributed by atoms with Crippen LogP contribution in [0.3, 0.4) is 0 Å². The molecule has 0 heterocycles. The second-order valence-electron chi connectivity index (χ2n) is 6.59. The minimum absolute atomic E-state index is 0.00632. The highest BCUT2D eigenvalue weighted by atomic mass is 16.2. The van der Waals surface area contributed by atoms with Crippen LogP contribution in [0, 0.1) is 0 Å². The number of nitrogens with zero attached hydrogens (tertiary/aromatic N) is 1. The third-order valence-corrected chi connectivity index (χ3v) is 3.98. The summed E-state index contributed by atoms with van der Waals surface area (Å²) >= 11 is 0. The molecule has 2 aromatic carbocycles. The zero-order valence-electron chi connectivity index (χ0n) is 15.7. The van der Waals surface area contributed by atoms with Crippen molar-refractivity contribution < 1.29 is 9.59 Å². The summed E-state index contributed by atoms with van der Waals surface area (Å²) in [4.78, 5) is 26.2. The Balaban J connectivity index is 2.01. The van der Waals surface area contributed by atoms with E-state index in [0.29, 0.717) is 17.8 Å². The quantitative estimate of drug-likeness (QED) is 0.764. The Morgan fingerprint density at radius 2 is 1.65 bits per heavy atom. The summed E-state index contributed by atoms with van der Waals surface area (Å²) in [6, 6.07) is 17.0. The largest absolute Gasteiger partial charge is 0.345 e. The summed E-state index contributed by atoms with van der Waals surface area (Å²) in [5, 5.41) is 5.92. The molecular weight excluding hydrogens is 326 g/mol. The molecule has 138 valence electrons. The van der Waals surface area contributed by atoms with Gasteiger partial charge in [0.05, 0.1) is 12.6 Å². The van der Waals surface area contributed by atoms with Gasteiger partial charge in [-0.2, -0.15) is 0 Å². The van der Waals surface area contributed by atoms with Gasteiger partial charge in [0.25, 0.3) is 5.91 Å². The van der Waals surface area contributed by atoms with Crippen LogP contribution >= 0.6 is 0 Å². The Kier molecular flexibility index (Phi) is 7.36.